The van der Waals surface area contributed by atoms with Gasteiger partial charge in [0.15, 0.2) is 11.5 Å². The van der Waals surface area contributed by atoms with E-state index in [0.29, 0.717) is 24.5 Å². The summed E-state index contributed by atoms with van der Waals surface area (Å²) in [5, 5.41) is 2.83. The van der Waals surface area contributed by atoms with Crippen LogP contribution in [0.5, 0.6) is 11.5 Å². The van der Waals surface area contributed by atoms with Crippen molar-refractivity contribution in [2.75, 3.05) is 20.3 Å². The average Bonchev–Trinajstić information content (AvgIpc) is 2.39. The molecule has 0 saturated carbocycles. The molecule has 0 spiro atoms. The first-order valence-corrected chi connectivity index (χ1v) is 6.38. The molecule has 1 N–H and O–H groups in total. The zero-order valence-corrected chi connectivity index (χ0v) is 10.9. The van der Waals surface area contributed by atoms with Gasteiger partial charge in [0.1, 0.15) is 0 Å². The predicted octanol–water partition coefficient (Wildman–Crippen LogP) is 2.16. The summed E-state index contributed by atoms with van der Waals surface area (Å²) in [5.74, 6) is 1.33. The lowest BCUT2D eigenvalue weighted by Crippen LogP contribution is -2.31. The number of nitrogens with one attached hydrogen (secondary N) is 1. The number of hydrogen-bond donors (Lipinski definition) is 1. The largest absolute Gasteiger partial charge is 0.493 e. The summed E-state index contributed by atoms with van der Waals surface area (Å²) < 4.78 is 11.0. The SMILES string of the molecule is CCCCOc1cc2c(cc1OC)C(=O)NCC2. The standard InChI is InChI=1S/C14H19NO3/c1-3-4-7-18-13-8-10-5-6-15-14(16)11(10)9-12(13)17-2/h8-9H,3-7H2,1-2H3,(H,15,16). The fraction of sp³-hybridized carbons (Fsp3) is 0.500. The summed E-state index contributed by atoms with van der Waals surface area (Å²) in [6.45, 7) is 3.49. The number of unbranched alkanes of at least 4 members (excludes halogenated alkanes) is 1. The van der Waals surface area contributed by atoms with Crippen LogP contribution in [0.2, 0.25) is 0 Å². The van der Waals surface area contributed by atoms with Crippen LogP contribution in [0.15, 0.2) is 12.1 Å². The van der Waals surface area contributed by atoms with E-state index in [4.69, 9.17) is 9.47 Å². The van der Waals surface area contributed by atoms with Crippen LogP contribution in [0, 0.1) is 0 Å². The van der Waals surface area contributed by atoms with Crippen molar-refractivity contribution in [3.05, 3.63) is 23.3 Å². The lowest BCUT2D eigenvalue weighted by atomic mass is 9.99. The van der Waals surface area contributed by atoms with Gasteiger partial charge >= 0.3 is 0 Å². The Labute approximate surface area is 107 Å². The number of ether oxygens (including phenoxy) is 2. The fourth-order valence-corrected chi connectivity index (χ4v) is 2.02. The molecule has 4 nitrogen and oxygen atoms in total. The highest BCUT2D eigenvalue weighted by Gasteiger charge is 2.20. The second-order valence-corrected chi connectivity index (χ2v) is 4.37. The Bertz CT molecular complexity index is 443. The van der Waals surface area contributed by atoms with E-state index in [1.165, 1.54) is 0 Å². The zero-order valence-electron chi connectivity index (χ0n) is 10.9. The number of hydrogen-bond acceptors (Lipinski definition) is 3. The lowest BCUT2D eigenvalue weighted by Gasteiger charge is -2.19. The highest BCUT2D eigenvalue weighted by Crippen LogP contribution is 2.32. The van der Waals surface area contributed by atoms with E-state index in [1.807, 2.05) is 6.07 Å². The first kappa shape index (κ1) is 12.7. The number of benzene rings is 1. The lowest BCUT2D eigenvalue weighted by molar-refractivity contribution is 0.0945. The molecule has 0 atom stereocenters. The third-order valence-electron chi connectivity index (χ3n) is 3.07. The second kappa shape index (κ2) is 5.76. The van der Waals surface area contributed by atoms with Gasteiger partial charge in [-0.15, -0.1) is 0 Å². The molecule has 1 aromatic rings. The topological polar surface area (TPSA) is 47.6 Å². The van der Waals surface area contributed by atoms with Crippen LogP contribution in [-0.4, -0.2) is 26.2 Å². The first-order valence-electron chi connectivity index (χ1n) is 6.38. The second-order valence-electron chi connectivity index (χ2n) is 4.37. The molecular weight excluding hydrogens is 230 g/mol. The summed E-state index contributed by atoms with van der Waals surface area (Å²) in [5.41, 5.74) is 1.73. The van der Waals surface area contributed by atoms with Crippen LogP contribution in [0.1, 0.15) is 35.7 Å². The molecule has 98 valence electrons. The van der Waals surface area contributed by atoms with Gasteiger partial charge in [0, 0.05) is 12.1 Å². The van der Waals surface area contributed by atoms with Crippen molar-refractivity contribution in [1.29, 1.82) is 0 Å². The zero-order chi connectivity index (χ0) is 13.0. The molecule has 0 unspecified atom stereocenters. The Balaban J connectivity index is 2.26. The molecule has 1 aliphatic heterocycles. The van der Waals surface area contributed by atoms with Crippen molar-refractivity contribution in [1.82, 2.24) is 5.32 Å². The average molecular weight is 249 g/mol. The summed E-state index contributed by atoms with van der Waals surface area (Å²) in [6, 6.07) is 3.70. The number of fused-ring (bicyclic) bond motifs is 1. The van der Waals surface area contributed by atoms with Crippen molar-refractivity contribution < 1.29 is 14.3 Å². The van der Waals surface area contributed by atoms with E-state index in [2.05, 4.69) is 12.2 Å². The van der Waals surface area contributed by atoms with Gasteiger partial charge in [-0.2, -0.15) is 0 Å². The molecule has 4 heteroatoms. The Morgan fingerprint density at radius 3 is 2.89 bits per heavy atom. The number of rotatable bonds is 5. The number of carbonyl (C=O) groups excluding carboxylic acids is 1. The highest BCUT2D eigenvalue weighted by molar-refractivity contribution is 5.97. The van der Waals surface area contributed by atoms with Crippen LogP contribution in [0.25, 0.3) is 0 Å². The molecule has 0 saturated heterocycles. The molecule has 0 bridgehead atoms. The molecule has 0 radical (unpaired) electrons. The molecule has 1 aromatic carbocycles. The fourth-order valence-electron chi connectivity index (χ4n) is 2.02. The van der Waals surface area contributed by atoms with E-state index in [9.17, 15) is 4.79 Å². The Morgan fingerprint density at radius 2 is 2.17 bits per heavy atom. The van der Waals surface area contributed by atoms with Crippen LogP contribution in [0.4, 0.5) is 0 Å². The van der Waals surface area contributed by atoms with Crippen LogP contribution >= 0.6 is 0 Å². The maximum atomic E-state index is 11.7. The smallest absolute Gasteiger partial charge is 0.251 e. The third kappa shape index (κ3) is 2.58. The minimum atomic E-state index is -0.0327. The normalized spacial score (nSPS) is 13.8. The van der Waals surface area contributed by atoms with Crippen LogP contribution < -0.4 is 14.8 Å². The van der Waals surface area contributed by atoms with E-state index in [1.54, 1.807) is 13.2 Å². The van der Waals surface area contributed by atoms with Crippen LogP contribution in [-0.2, 0) is 6.42 Å². The summed E-state index contributed by atoms with van der Waals surface area (Å²) in [6.07, 6.45) is 2.95. The minimum absolute atomic E-state index is 0.0327. The quantitative estimate of drug-likeness (QED) is 0.813. The summed E-state index contributed by atoms with van der Waals surface area (Å²) >= 11 is 0. The van der Waals surface area contributed by atoms with Gasteiger partial charge in [-0.1, -0.05) is 13.3 Å². The summed E-state index contributed by atoms with van der Waals surface area (Å²) in [4.78, 5) is 11.7. The Morgan fingerprint density at radius 1 is 1.33 bits per heavy atom. The molecule has 1 heterocycles. The van der Waals surface area contributed by atoms with Gasteiger partial charge in [0.05, 0.1) is 13.7 Å². The molecular formula is C14H19NO3. The molecule has 2 rings (SSSR count). The summed E-state index contributed by atoms with van der Waals surface area (Å²) in [7, 11) is 1.59. The molecule has 1 aliphatic rings. The van der Waals surface area contributed by atoms with Gasteiger partial charge < -0.3 is 14.8 Å². The predicted molar refractivity (Wildman–Crippen MR) is 69.4 cm³/mol. The molecule has 1 amide bonds. The highest BCUT2D eigenvalue weighted by atomic mass is 16.5. The Kier molecular flexibility index (Phi) is 4.07. The number of carbonyl (C=O) groups is 1. The van der Waals surface area contributed by atoms with Gasteiger partial charge in [0.2, 0.25) is 0 Å². The van der Waals surface area contributed by atoms with E-state index in [-0.39, 0.29) is 5.91 Å². The maximum Gasteiger partial charge on any atom is 0.251 e. The van der Waals surface area contributed by atoms with Gasteiger partial charge in [-0.25, -0.2) is 0 Å². The van der Waals surface area contributed by atoms with Gasteiger partial charge in [-0.3, -0.25) is 4.79 Å². The molecule has 0 fully saturated rings. The minimum Gasteiger partial charge on any atom is -0.493 e. The molecule has 18 heavy (non-hydrogen) atoms. The van der Waals surface area contributed by atoms with Crippen molar-refractivity contribution in [3.63, 3.8) is 0 Å². The van der Waals surface area contributed by atoms with Crippen molar-refractivity contribution in [2.45, 2.75) is 26.2 Å². The van der Waals surface area contributed by atoms with E-state index < -0.39 is 0 Å². The van der Waals surface area contributed by atoms with Gasteiger partial charge in [0.25, 0.3) is 5.91 Å². The third-order valence-corrected chi connectivity index (χ3v) is 3.07. The Hall–Kier alpha value is -1.71. The number of amides is 1. The van der Waals surface area contributed by atoms with Crippen molar-refractivity contribution >= 4 is 5.91 Å². The van der Waals surface area contributed by atoms with E-state index in [0.717, 1.165) is 30.6 Å². The maximum absolute atomic E-state index is 11.7. The monoisotopic (exact) mass is 249 g/mol. The molecule has 0 aromatic heterocycles. The number of methoxy groups -OCH3 is 1. The van der Waals surface area contributed by atoms with E-state index >= 15 is 0 Å². The van der Waals surface area contributed by atoms with Gasteiger partial charge in [-0.05, 0) is 30.5 Å². The first-order chi connectivity index (χ1) is 8.76. The van der Waals surface area contributed by atoms with Crippen molar-refractivity contribution in [2.24, 2.45) is 0 Å². The van der Waals surface area contributed by atoms with Crippen LogP contribution in [0.3, 0.4) is 0 Å². The molecule has 0 aliphatic carbocycles. The van der Waals surface area contributed by atoms with Crippen molar-refractivity contribution in [3.8, 4) is 11.5 Å².